The second-order valence-electron chi connectivity index (χ2n) is 8.95. The van der Waals surface area contributed by atoms with Crippen molar-refractivity contribution in [3.05, 3.63) is 155 Å². The van der Waals surface area contributed by atoms with Gasteiger partial charge in [0.2, 0.25) is 0 Å². The Kier molecular flexibility index (Phi) is 11.6. The van der Waals surface area contributed by atoms with Crippen LogP contribution in [0.15, 0.2) is 91.0 Å². The molecule has 3 fully saturated rings. The third-order valence-electron chi connectivity index (χ3n) is 6.64. The third-order valence-corrected chi connectivity index (χ3v) is 9.46. The van der Waals surface area contributed by atoms with Crippen molar-refractivity contribution in [2.24, 2.45) is 0 Å². The second-order valence-corrected chi connectivity index (χ2v) is 11.2. The standard InChI is InChI=1S/C28H28N2P.C5H5.Fe/c1-4-14-25(15-5-1)29-20-22-30(23-21-29)28(24-12-10-11-13-24)31(26-16-6-2-7-17-26)27-18-8-3-9-19-27;1-2-4-5-3-1;/h1-19,28H,20-23H2;1-5H;/q;;+2. The maximum absolute atomic E-state index is 2.72. The molecule has 37 heavy (non-hydrogen) atoms. The summed E-state index contributed by atoms with van der Waals surface area (Å²) in [5.41, 5.74) is 1.33. The van der Waals surface area contributed by atoms with Crippen LogP contribution in [0, 0.1) is 63.7 Å². The van der Waals surface area contributed by atoms with E-state index in [1.165, 1.54) is 22.2 Å². The zero-order valence-corrected chi connectivity index (χ0v) is 23.0. The van der Waals surface area contributed by atoms with E-state index in [1.807, 2.05) is 32.1 Å². The van der Waals surface area contributed by atoms with Crippen LogP contribution in [-0.4, -0.2) is 36.9 Å². The van der Waals surface area contributed by atoms with Crippen LogP contribution in [0.1, 0.15) is 0 Å². The van der Waals surface area contributed by atoms with E-state index in [0.717, 1.165) is 26.2 Å². The fourth-order valence-electron chi connectivity index (χ4n) is 4.88. The number of nitrogens with zero attached hydrogens (tertiary/aromatic N) is 2. The van der Waals surface area contributed by atoms with Crippen molar-refractivity contribution in [2.45, 2.75) is 5.78 Å². The van der Waals surface area contributed by atoms with Crippen LogP contribution in [0.3, 0.4) is 0 Å². The Morgan fingerprint density at radius 2 is 0.946 bits per heavy atom. The monoisotopic (exact) mass is 544 g/mol. The topological polar surface area (TPSA) is 6.48 Å². The first-order chi connectivity index (χ1) is 17.9. The summed E-state index contributed by atoms with van der Waals surface area (Å²) in [4.78, 5) is 5.24. The zero-order valence-electron chi connectivity index (χ0n) is 21.0. The van der Waals surface area contributed by atoms with Gasteiger partial charge in [0.25, 0.3) is 0 Å². The van der Waals surface area contributed by atoms with E-state index >= 15 is 0 Å². The Hall–Kier alpha value is -1.63. The van der Waals surface area contributed by atoms with Gasteiger partial charge in [-0.3, -0.25) is 4.90 Å². The number of piperazine rings is 1. The molecule has 2 nitrogen and oxygen atoms in total. The van der Waals surface area contributed by atoms with Crippen molar-refractivity contribution in [1.82, 2.24) is 4.90 Å². The minimum atomic E-state index is -0.549. The van der Waals surface area contributed by atoms with E-state index in [2.05, 4.69) is 126 Å². The van der Waals surface area contributed by atoms with Crippen molar-refractivity contribution in [3.8, 4) is 0 Å². The van der Waals surface area contributed by atoms with Gasteiger partial charge < -0.3 is 4.90 Å². The molecule has 0 N–H and O–H groups in total. The van der Waals surface area contributed by atoms with Crippen LogP contribution < -0.4 is 15.5 Å². The van der Waals surface area contributed by atoms with E-state index in [4.69, 9.17) is 0 Å². The second kappa shape index (κ2) is 15.1. The van der Waals surface area contributed by atoms with Crippen LogP contribution in [0.5, 0.6) is 0 Å². The van der Waals surface area contributed by atoms with Crippen molar-refractivity contribution in [2.75, 3.05) is 31.1 Å². The summed E-state index contributed by atoms with van der Waals surface area (Å²) in [6.45, 7) is 4.27. The molecule has 1 atom stereocenters. The molecule has 186 valence electrons. The summed E-state index contributed by atoms with van der Waals surface area (Å²) < 4.78 is 0. The summed E-state index contributed by atoms with van der Waals surface area (Å²) in [6.07, 6.45) is 19.0. The van der Waals surface area contributed by atoms with E-state index < -0.39 is 7.92 Å². The maximum atomic E-state index is 2.72. The van der Waals surface area contributed by atoms with Gasteiger partial charge in [0.1, 0.15) is 0 Å². The van der Waals surface area contributed by atoms with Crippen molar-refractivity contribution < 1.29 is 17.1 Å². The molecule has 1 unspecified atom stereocenters. The first-order valence-corrected chi connectivity index (χ1v) is 14.1. The van der Waals surface area contributed by atoms with Gasteiger partial charge in [0.05, 0.1) is 0 Å². The van der Waals surface area contributed by atoms with Gasteiger partial charge >= 0.3 is 17.1 Å². The van der Waals surface area contributed by atoms with E-state index in [-0.39, 0.29) is 17.1 Å². The Bertz CT molecular complexity index is 951. The van der Waals surface area contributed by atoms with Gasteiger partial charge in [-0.1, -0.05) is 78.9 Å². The van der Waals surface area contributed by atoms with E-state index in [9.17, 15) is 0 Å². The summed E-state index contributed by atoms with van der Waals surface area (Å²) in [5.74, 6) is 1.82. The molecule has 1 saturated heterocycles. The smallest absolute Gasteiger partial charge is 0.369 e. The van der Waals surface area contributed by atoms with Gasteiger partial charge in [0, 0.05) is 43.6 Å². The molecule has 1 heterocycles. The molecule has 2 aliphatic carbocycles. The summed E-state index contributed by atoms with van der Waals surface area (Å²) in [5, 5.41) is 2.89. The zero-order chi connectivity index (χ0) is 24.4. The number of benzene rings is 3. The van der Waals surface area contributed by atoms with Crippen molar-refractivity contribution in [1.29, 1.82) is 0 Å². The molecule has 0 spiro atoms. The Morgan fingerprint density at radius 3 is 1.41 bits per heavy atom. The molecular formula is C33H33FeN2P+2. The number of para-hydroxylation sites is 1. The predicted octanol–water partition coefficient (Wildman–Crippen LogP) is 5.69. The van der Waals surface area contributed by atoms with Crippen LogP contribution in [0.2, 0.25) is 0 Å². The molecule has 4 heteroatoms. The molecule has 0 amide bonds. The largest absolute Gasteiger partial charge is 2.00 e. The molecule has 3 aromatic rings. The van der Waals surface area contributed by atoms with Crippen LogP contribution in [0.4, 0.5) is 5.69 Å². The summed E-state index contributed by atoms with van der Waals surface area (Å²) >= 11 is 0. The van der Waals surface area contributed by atoms with Crippen LogP contribution >= 0.6 is 7.92 Å². The molecule has 2 saturated carbocycles. The normalized spacial score (nSPS) is 19.2. The van der Waals surface area contributed by atoms with Crippen molar-refractivity contribution >= 4 is 24.2 Å². The Labute approximate surface area is 237 Å². The summed E-state index contributed by atoms with van der Waals surface area (Å²) in [6, 6.07) is 33.1. The third kappa shape index (κ3) is 7.70. The fraction of sp³-hybridized carbons (Fsp3) is 0.152. The average Bonchev–Trinajstić information content (AvgIpc) is 3.71. The van der Waals surface area contributed by atoms with Crippen LogP contribution in [-0.2, 0) is 17.1 Å². The molecule has 0 aromatic heterocycles. The number of hydrogen-bond acceptors (Lipinski definition) is 2. The number of rotatable bonds is 6. The van der Waals surface area contributed by atoms with Crippen LogP contribution in [0.25, 0.3) is 0 Å². The van der Waals surface area contributed by atoms with Gasteiger partial charge in [-0.2, -0.15) is 0 Å². The minimum absolute atomic E-state index is 0. The van der Waals surface area contributed by atoms with Gasteiger partial charge in [-0.05, 0) is 88.5 Å². The molecule has 0 bridgehead atoms. The SMILES string of the molecule is [CH]1[CH][CH][CH][CH]1.[CH]1[CH][CH][C](C(N2CCN(c3ccccc3)CC2)P(c2ccccc2)c2ccccc2)[CH]1.[Fe+2]. The number of hydrogen-bond donors (Lipinski definition) is 0. The van der Waals surface area contributed by atoms with E-state index in [0.29, 0.717) is 5.78 Å². The maximum Gasteiger partial charge on any atom is 2.00 e. The minimum Gasteiger partial charge on any atom is -0.369 e. The van der Waals surface area contributed by atoms with E-state index in [1.54, 1.807) is 0 Å². The first-order valence-electron chi connectivity index (χ1n) is 12.7. The fourth-order valence-corrected chi connectivity index (χ4v) is 7.75. The molecule has 6 rings (SSSR count). The van der Waals surface area contributed by atoms with Gasteiger partial charge in [0.15, 0.2) is 0 Å². The molecular weight excluding hydrogens is 511 g/mol. The molecule has 3 aliphatic rings. The molecule has 10 radical (unpaired) electrons. The Balaban J connectivity index is 0.000000479. The Morgan fingerprint density at radius 1 is 0.514 bits per heavy atom. The summed E-state index contributed by atoms with van der Waals surface area (Å²) in [7, 11) is -0.549. The molecule has 1 aliphatic heterocycles. The number of anilines is 1. The van der Waals surface area contributed by atoms with Gasteiger partial charge in [-0.25, -0.2) is 0 Å². The first kappa shape index (κ1) is 28.4. The quantitative estimate of drug-likeness (QED) is 0.291. The van der Waals surface area contributed by atoms with Crippen molar-refractivity contribution in [3.63, 3.8) is 0 Å². The van der Waals surface area contributed by atoms with Gasteiger partial charge in [-0.15, -0.1) is 0 Å². The molecule has 3 aromatic carbocycles. The predicted molar refractivity (Wildman–Crippen MR) is 155 cm³/mol. The average molecular weight is 544 g/mol.